The minimum absolute atomic E-state index is 0.0224. The number of ketones is 1. The van der Waals surface area contributed by atoms with Gasteiger partial charge in [-0.1, -0.05) is 29.4 Å². The molecule has 6 rings (SSSR count). The lowest BCUT2D eigenvalue weighted by molar-refractivity contribution is -0.338. The lowest BCUT2D eigenvalue weighted by Gasteiger charge is -2.69. The van der Waals surface area contributed by atoms with Gasteiger partial charge in [0.2, 0.25) is 0 Å². The minimum Gasteiger partial charge on any atom is -0.393 e. The number of hydrogen-bond donors (Lipinski definition) is 1. The van der Waals surface area contributed by atoms with E-state index in [1.807, 2.05) is 6.92 Å². The first-order valence-electron chi connectivity index (χ1n) is 11.0. The third-order valence-corrected chi connectivity index (χ3v) is 7.11. The molecule has 0 saturated heterocycles. The second kappa shape index (κ2) is 7.45. The topological polar surface area (TPSA) is 91.3 Å². The van der Waals surface area contributed by atoms with Crippen LogP contribution in [0.5, 0.6) is 0 Å². The van der Waals surface area contributed by atoms with E-state index in [0.29, 0.717) is 35.2 Å². The first-order chi connectivity index (χ1) is 16.1. The normalized spacial score (nSPS) is 23.1. The van der Waals surface area contributed by atoms with Gasteiger partial charge in [0.25, 0.3) is 5.69 Å². The fourth-order valence-electron chi connectivity index (χ4n) is 5.28. The number of rotatable bonds is 7. The van der Waals surface area contributed by atoms with E-state index in [9.17, 15) is 18.0 Å². The summed E-state index contributed by atoms with van der Waals surface area (Å²) >= 11 is 0. The Labute approximate surface area is 193 Å². The van der Waals surface area contributed by atoms with Gasteiger partial charge in [-0.15, -0.1) is 0 Å². The van der Waals surface area contributed by atoms with Gasteiger partial charge in [-0.25, -0.2) is 4.85 Å². The van der Waals surface area contributed by atoms with Crippen molar-refractivity contribution < 1.29 is 22.5 Å². The fourth-order valence-corrected chi connectivity index (χ4v) is 5.28. The van der Waals surface area contributed by atoms with Crippen molar-refractivity contribution in [3.05, 3.63) is 58.8 Å². The second-order valence-corrected chi connectivity index (χ2v) is 9.37. The number of nitrogen functional groups attached to an aromatic ring is 1. The minimum atomic E-state index is -4.17. The molecule has 0 aliphatic heterocycles. The molecule has 2 aromatic heterocycles. The van der Waals surface area contributed by atoms with Crippen LogP contribution in [0.25, 0.3) is 16.1 Å². The first-order valence-corrected chi connectivity index (χ1v) is 11.0. The highest BCUT2D eigenvalue weighted by Gasteiger charge is 2.79. The Morgan fingerprint density at radius 1 is 1.24 bits per heavy atom. The zero-order valence-electron chi connectivity index (χ0n) is 18.4. The van der Waals surface area contributed by atoms with Crippen molar-refractivity contribution in [3.63, 3.8) is 0 Å². The van der Waals surface area contributed by atoms with Gasteiger partial charge in [0.1, 0.15) is 23.1 Å². The second-order valence-electron chi connectivity index (χ2n) is 9.37. The van der Waals surface area contributed by atoms with E-state index in [-0.39, 0.29) is 37.9 Å². The largest absolute Gasteiger partial charge is 0.394 e. The molecule has 0 radical (unpaired) electrons. The number of benzene rings is 1. The molecule has 3 fully saturated rings. The SMILES string of the molecule is [C-]#[N+]c1c(-c2ccc(CC(=O)Cc3cc(C45CC(C(F)(F)F)(C4)C5)no3)cc2)nn(CC)c1N. The quantitative estimate of drug-likeness (QED) is 0.490. The van der Waals surface area contributed by atoms with Gasteiger partial charge in [-0.3, -0.25) is 9.48 Å². The number of alkyl halides is 3. The molecule has 3 saturated carbocycles. The van der Waals surface area contributed by atoms with Crippen LogP contribution in [0.15, 0.2) is 34.9 Å². The first kappa shape index (κ1) is 22.2. The van der Waals surface area contributed by atoms with Gasteiger partial charge in [0, 0.05) is 24.4 Å². The maximum atomic E-state index is 13.1. The molecule has 2 heterocycles. The van der Waals surface area contributed by atoms with Gasteiger partial charge >= 0.3 is 6.18 Å². The van der Waals surface area contributed by atoms with E-state index in [2.05, 4.69) is 15.1 Å². The summed E-state index contributed by atoms with van der Waals surface area (Å²) in [5.41, 5.74) is 6.72. The number of aryl methyl sites for hydroxylation is 1. The maximum Gasteiger partial charge on any atom is 0.394 e. The summed E-state index contributed by atoms with van der Waals surface area (Å²) in [5, 5.41) is 8.36. The Balaban J connectivity index is 1.21. The Bertz CT molecular complexity index is 1290. The van der Waals surface area contributed by atoms with Crippen LogP contribution in [0, 0.1) is 12.0 Å². The average Bonchev–Trinajstić information content (AvgIpc) is 3.29. The van der Waals surface area contributed by atoms with Gasteiger partial charge in [-0.05, 0) is 37.3 Å². The van der Waals surface area contributed by atoms with E-state index in [4.69, 9.17) is 16.8 Å². The molecular weight excluding hydrogens is 447 g/mol. The van der Waals surface area contributed by atoms with Crippen molar-refractivity contribution in [2.24, 2.45) is 5.41 Å². The molecule has 0 amide bonds. The molecule has 3 aromatic rings. The fraction of sp³-hybridized carbons (Fsp3) is 0.417. The van der Waals surface area contributed by atoms with Gasteiger partial charge in [-0.2, -0.15) is 18.3 Å². The van der Waals surface area contributed by atoms with E-state index in [1.54, 1.807) is 35.0 Å². The Morgan fingerprint density at radius 3 is 2.50 bits per heavy atom. The predicted molar refractivity (Wildman–Crippen MR) is 117 cm³/mol. The number of nitrogens with two attached hydrogens (primary N) is 1. The Morgan fingerprint density at radius 2 is 1.91 bits per heavy atom. The predicted octanol–water partition coefficient (Wildman–Crippen LogP) is 5.03. The smallest absolute Gasteiger partial charge is 0.393 e. The molecule has 0 spiro atoms. The third-order valence-electron chi connectivity index (χ3n) is 7.11. The van der Waals surface area contributed by atoms with Crippen molar-refractivity contribution in [3.8, 4) is 11.3 Å². The summed E-state index contributed by atoms with van der Waals surface area (Å²) < 4.78 is 46.1. The molecule has 7 nitrogen and oxygen atoms in total. The van der Waals surface area contributed by atoms with Crippen LogP contribution in [0.2, 0.25) is 0 Å². The number of aromatic nitrogens is 3. The van der Waals surface area contributed by atoms with Crippen LogP contribution in [-0.4, -0.2) is 26.9 Å². The number of carbonyl (C=O) groups excluding carboxylic acids is 1. The summed E-state index contributed by atoms with van der Waals surface area (Å²) in [6.45, 7) is 9.82. The molecule has 1 aromatic carbocycles. The van der Waals surface area contributed by atoms with Crippen LogP contribution in [0.1, 0.15) is 43.2 Å². The van der Waals surface area contributed by atoms with Crippen LogP contribution < -0.4 is 5.73 Å². The lowest BCUT2D eigenvalue weighted by Crippen LogP contribution is -2.70. The molecular formula is C24H22F3N5O2. The van der Waals surface area contributed by atoms with Crippen molar-refractivity contribution >= 4 is 17.3 Å². The number of halogens is 3. The molecule has 2 bridgehead atoms. The summed E-state index contributed by atoms with van der Waals surface area (Å²) in [5.74, 6) is 0.594. The van der Waals surface area contributed by atoms with Gasteiger partial charge in [0.05, 0.1) is 24.1 Å². The monoisotopic (exact) mass is 469 g/mol. The molecule has 0 unspecified atom stereocenters. The highest BCUT2D eigenvalue weighted by Crippen LogP contribution is 2.78. The lowest BCUT2D eigenvalue weighted by atomic mass is 9.34. The van der Waals surface area contributed by atoms with E-state index in [1.165, 1.54) is 0 Å². The summed E-state index contributed by atoms with van der Waals surface area (Å²) in [6.07, 6.45) is -3.84. The number of carbonyl (C=O) groups is 1. The zero-order chi connectivity index (χ0) is 24.3. The number of hydrogen-bond acceptors (Lipinski definition) is 5. The zero-order valence-corrected chi connectivity index (χ0v) is 18.4. The van der Waals surface area contributed by atoms with E-state index in [0.717, 1.165) is 11.1 Å². The van der Waals surface area contributed by atoms with E-state index >= 15 is 0 Å². The third kappa shape index (κ3) is 3.30. The Hall–Kier alpha value is -3.61. The molecule has 0 atom stereocenters. The average molecular weight is 469 g/mol. The number of anilines is 1. The van der Waals surface area contributed by atoms with Crippen molar-refractivity contribution in [1.82, 2.24) is 14.9 Å². The van der Waals surface area contributed by atoms with Crippen LogP contribution in [-0.2, 0) is 29.6 Å². The molecule has 2 N–H and O–H groups in total. The summed E-state index contributed by atoms with van der Waals surface area (Å²) in [7, 11) is 0. The van der Waals surface area contributed by atoms with Crippen LogP contribution in [0.3, 0.4) is 0 Å². The molecule has 10 heteroatoms. The Kier molecular flexibility index (Phi) is 4.86. The van der Waals surface area contributed by atoms with Crippen molar-refractivity contribution in [2.45, 2.75) is 57.2 Å². The highest BCUT2D eigenvalue weighted by molar-refractivity contribution is 5.84. The van der Waals surface area contributed by atoms with E-state index < -0.39 is 17.0 Å². The molecule has 3 aliphatic carbocycles. The van der Waals surface area contributed by atoms with Crippen LogP contribution in [0.4, 0.5) is 24.7 Å². The van der Waals surface area contributed by atoms with Gasteiger partial charge < -0.3 is 10.3 Å². The highest BCUT2D eigenvalue weighted by atomic mass is 19.4. The summed E-state index contributed by atoms with van der Waals surface area (Å²) in [4.78, 5) is 16.0. The number of Topliss-reactive ketones (excluding diaryl/α,β-unsaturated/α-hetero) is 1. The standard InChI is InChI=1S/C24H22F3N5O2/c1-3-32-21(28)20(29-2)19(30-32)15-6-4-14(5-7-15)8-16(33)9-17-10-18(31-34-17)22-11-23(12-22,13-22)24(25,26)27/h4-7,10H,3,8-9,11-13,28H2,1H3. The molecule has 34 heavy (non-hydrogen) atoms. The number of nitrogens with zero attached hydrogens (tertiary/aromatic N) is 4. The van der Waals surface area contributed by atoms with Gasteiger partial charge in [0.15, 0.2) is 0 Å². The van der Waals surface area contributed by atoms with Crippen molar-refractivity contribution in [1.29, 1.82) is 0 Å². The van der Waals surface area contributed by atoms with Crippen LogP contribution >= 0.6 is 0 Å². The maximum absolute atomic E-state index is 13.1. The summed E-state index contributed by atoms with van der Waals surface area (Å²) in [6, 6.07) is 8.81. The molecule has 176 valence electrons. The van der Waals surface area contributed by atoms with Crippen molar-refractivity contribution in [2.75, 3.05) is 5.73 Å². The molecule has 3 aliphatic rings.